The zero-order valence-electron chi connectivity index (χ0n) is 8.40. The second-order valence-electron chi connectivity index (χ2n) is 3.38. The molecule has 1 atom stereocenters. The van der Waals surface area contributed by atoms with Gasteiger partial charge >= 0.3 is 5.97 Å². The van der Waals surface area contributed by atoms with E-state index >= 15 is 0 Å². The monoisotopic (exact) mass is 212 g/mol. The second-order valence-corrected chi connectivity index (χ2v) is 3.38. The lowest BCUT2D eigenvalue weighted by molar-refractivity contribution is -0.137. The highest BCUT2D eigenvalue weighted by atomic mass is 19.1. The van der Waals surface area contributed by atoms with Gasteiger partial charge in [0, 0.05) is 0 Å². The maximum Gasteiger partial charge on any atom is 0.303 e. The highest BCUT2D eigenvalue weighted by Crippen LogP contribution is 2.29. The summed E-state index contributed by atoms with van der Waals surface area (Å²) in [4.78, 5) is 10.6. The van der Waals surface area contributed by atoms with Gasteiger partial charge in [-0.2, -0.15) is 0 Å². The number of halogens is 1. The van der Waals surface area contributed by atoms with E-state index in [2.05, 4.69) is 0 Å². The number of aliphatic carboxylic acids is 1. The van der Waals surface area contributed by atoms with Gasteiger partial charge in [-0.3, -0.25) is 4.79 Å². The maximum atomic E-state index is 13.4. The number of carboxylic acids is 1. The van der Waals surface area contributed by atoms with Crippen molar-refractivity contribution in [2.24, 2.45) is 0 Å². The quantitative estimate of drug-likeness (QED) is 0.806. The Balaban J connectivity index is 3.01. The SMILES string of the molecule is CCC(CC(=O)O)c1cccc(O)c1F. The molecule has 0 spiro atoms. The summed E-state index contributed by atoms with van der Waals surface area (Å²) < 4.78 is 13.4. The van der Waals surface area contributed by atoms with E-state index in [0.29, 0.717) is 6.42 Å². The van der Waals surface area contributed by atoms with Crippen LogP contribution in [-0.2, 0) is 4.79 Å². The first-order chi connectivity index (χ1) is 7.06. The lowest BCUT2D eigenvalue weighted by Gasteiger charge is -2.14. The van der Waals surface area contributed by atoms with Crippen LogP contribution >= 0.6 is 0 Å². The molecule has 4 heteroatoms. The number of phenols is 1. The molecule has 1 rings (SSSR count). The van der Waals surface area contributed by atoms with Crippen molar-refractivity contribution in [1.82, 2.24) is 0 Å². The topological polar surface area (TPSA) is 57.5 Å². The molecule has 3 nitrogen and oxygen atoms in total. The number of benzene rings is 1. The van der Waals surface area contributed by atoms with Crippen LogP contribution in [0.5, 0.6) is 5.75 Å². The molecule has 82 valence electrons. The van der Waals surface area contributed by atoms with Crippen molar-refractivity contribution in [3.05, 3.63) is 29.6 Å². The summed E-state index contributed by atoms with van der Waals surface area (Å²) in [5.41, 5.74) is 0.264. The third-order valence-corrected chi connectivity index (χ3v) is 2.36. The van der Waals surface area contributed by atoms with Crippen LogP contribution in [0.3, 0.4) is 0 Å². The fourth-order valence-corrected chi connectivity index (χ4v) is 1.54. The van der Waals surface area contributed by atoms with E-state index < -0.39 is 23.5 Å². The molecule has 1 unspecified atom stereocenters. The molecule has 0 aliphatic heterocycles. The first-order valence-corrected chi connectivity index (χ1v) is 4.75. The minimum atomic E-state index is -0.968. The highest BCUT2D eigenvalue weighted by molar-refractivity contribution is 5.68. The molecule has 0 amide bonds. The van der Waals surface area contributed by atoms with Gasteiger partial charge in [0.05, 0.1) is 6.42 Å². The number of hydrogen-bond acceptors (Lipinski definition) is 2. The molecule has 0 aliphatic rings. The van der Waals surface area contributed by atoms with Crippen LogP contribution in [0.1, 0.15) is 31.2 Å². The molecule has 1 aromatic carbocycles. The van der Waals surface area contributed by atoms with Gasteiger partial charge in [0.15, 0.2) is 11.6 Å². The lowest BCUT2D eigenvalue weighted by atomic mass is 9.92. The fraction of sp³-hybridized carbons (Fsp3) is 0.364. The Morgan fingerprint density at radius 2 is 2.20 bits per heavy atom. The van der Waals surface area contributed by atoms with Crippen molar-refractivity contribution >= 4 is 5.97 Å². The normalized spacial score (nSPS) is 12.4. The van der Waals surface area contributed by atoms with Gasteiger partial charge < -0.3 is 10.2 Å². The smallest absolute Gasteiger partial charge is 0.303 e. The average Bonchev–Trinajstić information content (AvgIpc) is 2.19. The fourth-order valence-electron chi connectivity index (χ4n) is 1.54. The predicted molar refractivity (Wildman–Crippen MR) is 53.3 cm³/mol. The molecule has 15 heavy (non-hydrogen) atoms. The standard InChI is InChI=1S/C11H13FO3/c1-2-7(6-10(14)15)8-4-3-5-9(13)11(8)12/h3-5,7,13H,2,6H2,1H3,(H,14,15). The number of phenolic OH excluding ortho intramolecular Hbond substituents is 1. The molecular formula is C11H13FO3. The van der Waals surface area contributed by atoms with Crippen molar-refractivity contribution in [3.8, 4) is 5.75 Å². The Labute approximate surface area is 87.2 Å². The first kappa shape index (κ1) is 11.5. The Kier molecular flexibility index (Phi) is 3.66. The molecule has 0 radical (unpaired) electrons. The molecule has 2 N–H and O–H groups in total. The molecule has 0 saturated carbocycles. The minimum absolute atomic E-state index is 0.128. The summed E-state index contributed by atoms with van der Waals surface area (Å²) in [5.74, 6) is -2.51. The van der Waals surface area contributed by atoms with Crippen molar-refractivity contribution in [2.75, 3.05) is 0 Å². The van der Waals surface area contributed by atoms with Crippen molar-refractivity contribution < 1.29 is 19.4 Å². The molecule has 0 bridgehead atoms. The number of aromatic hydroxyl groups is 1. The lowest BCUT2D eigenvalue weighted by Crippen LogP contribution is -2.07. The van der Waals surface area contributed by atoms with Gasteiger partial charge in [0.1, 0.15) is 0 Å². The van der Waals surface area contributed by atoms with Crippen LogP contribution in [0.15, 0.2) is 18.2 Å². The first-order valence-electron chi connectivity index (χ1n) is 4.75. The van der Waals surface area contributed by atoms with Crippen LogP contribution in [0.4, 0.5) is 4.39 Å². The van der Waals surface area contributed by atoms with Crippen molar-refractivity contribution in [1.29, 1.82) is 0 Å². The number of hydrogen-bond donors (Lipinski definition) is 2. The van der Waals surface area contributed by atoms with Gasteiger partial charge in [-0.25, -0.2) is 4.39 Å². The van der Waals surface area contributed by atoms with E-state index in [9.17, 15) is 9.18 Å². The Bertz CT molecular complexity index is 363. The molecular weight excluding hydrogens is 199 g/mol. The molecule has 0 aliphatic carbocycles. The second kappa shape index (κ2) is 4.77. The Morgan fingerprint density at radius 3 is 2.73 bits per heavy atom. The molecule has 0 fully saturated rings. The van der Waals surface area contributed by atoms with Gasteiger partial charge in [-0.1, -0.05) is 19.1 Å². The van der Waals surface area contributed by atoms with E-state index in [-0.39, 0.29) is 12.0 Å². The number of carbonyl (C=O) groups is 1. The summed E-state index contributed by atoms with van der Waals surface area (Å²) in [6.45, 7) is 1.79. The molecule has 0 saturated heterocycles. The summed E-state index contributed by atoms with van der Waals surface area (Å²) in [5, 5.41) is 17.8. The van der Waals surface area contributed by atoms with Gasteiger partial charge in [0.2, 0.25) is 0 Å². The Morgan fingerprint density at radius 1 is 1.53 bits per heavy atom. The van der Waals surface area contributed by atoms with Crippen LogP contribution < -0.4 is 0 Å². The van der Waals surface area contributed by atoms with E-state index in [1.54, 1.807) is 6.92 Å². The van der Waals surface area contributed by atoms with Crippen LogP contribution in [0.25, 0.3) is 0 Å². The van der Waals surface area contributed by atoms with Crippen LogP contribution in [0.2, 0.25) is 0 Å². The largest absolute Gasteiger partial charge is 0.505 e. The number of carboxylic acid groups (broad SMARTS) is 1. The van der Waals surface area contributed by atoms with E-state index in [1.165, 1.54) is 18.2 Å². The average molecular weight is 212 g/mol. The summed E-state index contributed by atoms with van der Waals surface area (Å²) in [6, 6.07) is 4.26. The van der Waals surface area contributed by atoms with E-state index in [1.807, 2.05) is 0 Å². The van der Waals surface area contributed by atoms with Crippen LogP contribution in [0, 0.1) is 5.82 Å². The highest BCUT2D eigenvalue weighted by Gasteiger charge is 2.18. The molecule has 1 aromatic rings. The summed E-state index contributed by atoms with van der Waals surface area (Å²) in [7, 11) is 0. The third kappa shape index (κ3) is 2.68. The number of rotatable bonds is 4. The van der Waals surface area contributed by atoms with Crippen LogP contribution in [-0.4, -0.2) is 16.2 Å². The molecule has 0 heterocycles. The summed E-state index contributed by atoms with van der Waals surface area (Å²) >= 11 is 0. The van der Waals surface area contributed by atoms with Gasteiger partial charge in [-0.15, -0.1) is 0 Å². The zero-order valence-corrected chi connectivity index (χ0v) is 8.40. The van der Waals surface area contributed by atoms with Gasteiger partial charge in [0.25, 0.3) is 0 Å². The van der Waals surface area contributed by atoms with Crippen molar-refractivity contribution in [2.45, 2.75) is 25.7 Å². The van der Waals surface area contributed by atoms with Crippen molar-refractivity contribution in [3.63, 3.8) is 0 Å². The maximum absolute atomic E-state index is 13.4. The predicted octanol–water partition coefficient (Wildman–Crippen LogP) is 2.50. The van der Waals surface area contributed by atoms with E-state index in [0.717, 1.165) is 0 Å². The molecule has 0 aromatic heterocycles. The zero-order chi connectivity index (χ0) is 11.4. The third-order valence-electron chi connectivity index (χ3n) is 2.36. The minimum Gasteiger partial charge on any atom is -0.505 e. The van der Waals surface area contributed by atoms with E-state index in [4.69, 9.17) is 10.2 Å². The Hall–Kier alpha value is -1.58. The summed E-state index contributed by atoms with van der Waals surface area (Å²) in [6.07, 6.45) is 0.392. The van der Waals surface area contributed by atoms with Gasteiger partial charge in [-0.05, 0) is 24.0 Å².